The number of fused-ring (bicyclic) bond motifs is 1. The van der Waals surface area contributed by atoms with Crippen molar-refractivity contribution in [2.24, 2.45) is 0 Å². The monoisotopic (exact) mass is 329 g/mol. The Labute approximate surface area is 143 Å². The molecule has 0 N–H and O–H groups in total. The van der Waals surface area contributed by atoms with Gasteiger partial charge >= 0.3 is 0 Å². The number of amides is 1. The largest absolute Gasteiger partial charge is 0.372 e. The maximum Gasteiger partial charge on any atom is 0.251 e. The van der Waals surface area contributed by atoms with E-state index in [1.165, 1.54) is 5.52 Å². The molecule has 0 bridgehead atoms. The lowest BCUT2D eigenvalue weighted by Crippen LogP contribution is -2.44. The summed E-state index contributed by atoms with van der Waals surface area (Å²) in [6, 6.07) is 8.63. The number of hydrogen-bond acceptors (Lipinski definition) is 3. The van der Waals surface area contributed by atoms with Crippen LogP contribution in [0.5, 0.6) is 0 Å². The highest BCUT2D eigenvalue weighted by atomic mass is 16.5. The molecule has 130 valence electrons. The lowest BCUT2D eigenvalue weighted by Gasteiger charge is -2.34. The van der Waals surface area contributed by atoms with Crippen LogP contribution in [-0.4, -0.2) is 46.7 Å². The fourth-order valence-corrected chi connectivity index (χ4v) is 3.64. The molecule has 3 rings (SSSR count). The Morgan fingerprint density at radius 3 is 2.75 bits per heavy atom. The maximum atomic E-state index is 12.5. The predicted octanol–water partition coefficient (Wildman–Crippen LogP) is 3.36. The van der Waals surface area contributed by atoms with Crippen molar-refractivity contribution in [3.8, 4) is 0 Å². The zero-order valence-electron chi connectivity index (χ0n) is 15.0. The summed E-state index contributed by atoms with van der Waals surface area (Å²) in [4.78, 5) is 19.3. The standard InChI is InChI=1S/C19H27N3O2/c1-13(2)22-17-10-6-5-9-16(17)20-18(22)15-8-7-11-21(12-15)19(23)14(3)24-4/h5-6,9-10,13-15H,7-8,11-12H2,1-4H3/t14-,15+/m1/s1. The number of benzene rings is 1. The Morgan fingerprint density at radius 1 is 1.29 bits per heavy atom. The molecule has 1 aromatic carbocycles. The molecule has 1 aromatic heterocycles. The van der Waals surface area contributed by atoms with Crippen LogP contribution in [0.1, 0.15) is 51.4 Å². The third-order valence-electron chi connectivity index (χ3n) is 4.94. The third kappa shape index (κ3) is 3.05. The first-order chi connectivity index (χ1) is 11.5. The van der Waals surface area contributed by atoms with Crippen molar-refractivity contribution in [3.05, 3.63) is 30.1 Å². The van der Waals surface area contributed by atoms with Crippen LogP contribution in [0.15, 0.2) is 24.3 Å². The van der Waals surface area contributed by atoms with E-state index in [1.54, 1.807) is 7.11 Å². The van der Waals surface area contributed by atoms with Gasteiger partial charge in [0.25, 0.3) is 5.91 Å². The Kier molecular flexibility index (Phi) is 4.90. The smallest absolute Gasteiger partial charge is 0.251 e. The van der Waals surface area contributed by atoms with E-state index in [4.69, 9.17) is 9.72 Å². The first kappa shape index (κ1) is 17.0. The number of methoxy groups -OCH3 is 1. The molecule has 24 heavy (non-hydrogen) atoms. The van der Waals surface area contributed by atoms with Gasteiger partial charge < -0.3 is 14.2 Å². The Bertz CT molecular complexity index is 722. The van der Waals surface area contributed by atoms with Crippen molar-refractivity contribution < 1.29 is 9.53 Å². The van der Waals surface area contributed by atoms with E-state index in [2.05, 4.69) is 36.6 Å². The van der Waals surface area contributed by atoms with Gasteiger partial charge in [-0.2, -0.15) is 0 Å². The minimum Gasteiger partial charge on any atom is -0.372 e. The number of para-hydroxylation sites is 2. The summed E-state index contributed by atoms with van der Waals surface area (Å²) in [7, 11) is 1.59. The van der Waals surface area contributed by atoms with Crippen LogP contribution in [0, 0.1) is 0 Å². The average Bonchev–Trinajstić information content (AvgIpc) is 3.00. The molecule has 5 nitrogen and oxygen atoms in total. The molecule has 0 saturated carbocycles. The zero-order chi connectivity index (χ0) is 17.3. The van der Waals surface area contributed by atoms with Gasteiger partial charge in [0.05, 0.1) is 11.0 Å². The number of aromatic nitrogens is 2. The Balaban J connectivity index is 1.92. The molecule has 1 fully saturated rings. The van der Waals surface area contributed by atoms with Gasteiger partial charge in [-0.25, -0.2) is 4.98 Å². The van der Waals surface area contributed by atoms with Crippen LogP contribution in [-0.2, 0) is 9.53 Å². The summed E-state index contributed by atoms with van der Waals surface area (Å²) in [5.74, 6) is 1.46. The molecule has 0 unspecified atom stereocenters. The number of carbonyl (C=O) groups is 1. The second kappa shape index (κ2) is 6.93. The molecule has 2 heterocycles. The highest BCUT2D eigenvalue weighted by Gasteiger charge is 2.30. The van der Waals surface area contributed by atoms with Gasteiger partial charge in [-0.15, -0.1) is 0 Å². The maximum absolute atomic E-state index is 12.5. The molecule has 1 saturated heterocycles. The van der Waals surface area contributed by atoms with Crippen molar-refractivity contribution in [1.29, 1.82) is 0 Å². The third-order valence-corrected chi connectivity index (χ3v) is 4.94. The first-order valence-corrected chi connectivity index (χ1v) is 8.81. The van der Waals surface area contributed by atoms with E-state index < -0.39 is 0 Å². The highest BCUT2D eigenvalue weighted by Crippen LogP contribution is 2.31. The van der Waals surface area contributed by atoms with E-state index in [1.807, 2.05) is 17.9 Å². The van der Waals surface area contributed by atoms with E-state index >= 15 is 0 Å². The minimum absolute atomic E-state index is 0.0782. The highest BCUT2D eigenvalue weighted by molar-refractivity contribution is 5.81. The Morgan fingerprint density at radius 2 is 2.04 bits per heavy atom. The number of hydrogen-bond donors (Lipinski definition) is 0. The van der Waals surface area contributed by atoms with E-state index in [0.717, 1.165) is 37.3 Å². The number of likely N-dealkylation sites (tertiary alicyclic amines) is 1. The van der Waals surface area contributed by atoms with Gasteiger partial charge in [0.1, 0.15) is 11.9 Å². The van der Waals surface area contributed by atoms with Crippen LogP contribution in [0.25, 0.3) is 11.0 Å². The van der Waals surface area contributed by atoms with Crippen molar-refractivity contribution in [2.45, 2.75) is 51.7 Å². The number of ether oxygens (including phenoxy) is 1. The van der Waals surface area contributed by atoms with Crippen LogP contribution in [0.2, 0.25) is 0 Å². The number of nitrogens with zero attached hydrogens (tertiary/aromatic N) is 3. The van der Waals surface area contributed by atoms with Crippen molar-refractivity contribution in [3.63, 3.8) is 0 Å². The summed E-state index contributed by atoms with van der Waals surface area (Å²) in [6.45, 7) is 7.73. The molecule has 5 heteroatoms. The van der Waals surface area contributed by atoms with Crippen molar-refractivity contribution in [2.75, 3.05) is 20.2 Å². The van der Waals surface area contributed by atoms with Gasteiger partial charge in [0, 0.05) is 32.2 Å². The fourth-order valence-electron chi connectivity index (χ4n) is 3.64. The molecular weight excluding hydrogens is 302 g/mol. The van der Waals surface area contributed by atoms with Gasteiger partial charge in [-0.1, -0.05) is 12.1 Å². The first-order valence-electron chi connectivity index (χ1n) is 8.81. The average molecular weight is 329 g/mol. The summed E-state index contributed by atoms with van der Waals surface area (Å²) in [5, 5.41) is 0. The van der Waals surface area contributed by atoms with Crippen molar-refractivity contribution >= 4 is 16.9 Å². The van der Waals surface area contributed by atoms with Gasteiger partial charge in [-0.3, -0.25) is 4.79 Å². The summed E-state index contributed by atoms with van der Waals surface area (Å²) in [6.07, 6.45) is 1.70. The number of imidazole rings is 1. The van der Waals surface area contributed by atoms with Gasteiger partial charge in [0.2, 0.25) is 0 Å². The van der Waals surface area contributed by atoms with Gasteiger partial charge in [-0.05, 0) is 45.7 Å². The molecule has 1 aliphatic heterocycles. The lowest BCUT2D eigenvalue weighted by atomic mass is 9.96. The quantitative estimate of drug-likeness (QED) is 0.864. The van der Waals surface area contributed by atoms with E-state index in [-0.39, 0.29) is 17.9 Å². The van der Waals surface area contributed by atoms with E-state index in [0.29, 0.717) is 6.04 Å². The van der Waals surface area contributed by atoms with Crippen molar-refractivity contribution in [1.82, 2.24) is 14.5 Å². The number of carbonyl (C=O) groups excluding carboxylic acids is 1. The molecular formula is C19H27N3O2. The van der Waals surface area contributed by atoms with Crippen LogP contribution < -0.4 is 0 Å². The second-order valence-electron chi connectivity index (χ2n) is 6.92. The summed E-state index contributed by atoms with van der Waals surface area (Å²) < 4.78 is 7.53. The van der Waals surface area contributed by atoms with Crippen LogP contribution >= 0.6 is 0 Å². The molecule has 2 aromatic rings. The van der Waals surface area contributed by atoms with Crippen LogP contribution in [0.4, 0.5) is 0 Å². The minimum atomic E-state index is -0.382. The number of piperidine rings is 1. The van der Waals surface area contributed by atoms with Gasteiger partial charge in [0.15, 0.2) is 0 Å². The summed E-state index contributed by atoms with van der Waals surface area (Å²) >= 11 is 0. The molecule has 1 aliphatic rings. The lowest BCUT2D eigenvalue weighted by molar-refractivity contribution is -0.142. The molecule has 1 amide bonds. The van der Waals surface area contributed by atoms with E-state index in [9.17, 15) is 4.79 Å². The fraction of sp³-hybridized carbons (Fsp3) is 0.579. The predicted molar refractivity (Wildman–Crippen MR) is 95.1 cm³/mol. The number of rotatable bonds is 4. The molecule has 0 radical (unpaired) electrons. The normalized spacial score (nSPS) is 19.9. The second-order valence-corrected chi connectivity index (χ2v) is 6.92. The SMILES string of the molecule is CO[C@H](C)C(=O)N1CCC[C@H](c2nc3ccccc3n2C(C)C)C1. The summed E-state index contributed by atoms with van der Waals surface area (Å²) in [5.41, 5.74) is 2.21. The topological polar surface area (TPSA) is 47.4 Å². The molecule has 0 spiro atoms. The molecule has 0 aliphatic carbocycles. The zero-order valence-corrected chi connectivity index (χ0v) is 15.0. The van der Waals surface area contributed by atoms with Crippen LogP contribution in [0.3, 0.4) is 0 Å². The Hall–Kier alpha value is -1.88. The molecule has 2 atom stereocenters.